The van der Waals surface area contributed by atoms with Crippen molar-refractivity contribution < 1.29 is 31.6 Å². The van der Waals surface area contributed by atoms with E-state index in [1.54, 1.807) is 27.7 Å². The number of ether oxygens (including phenoxy) is 1. The van der Waals surface area contributed by atoms with E-state index in [2.05, 4.69) is 15.0 Å². The van der Waals surface area contributed by atoms with Gasteiger partial charge in [-0.25, -0.2) is 9.07 Å². The number of nitrogens with zero attached hydrogens (tertiary/aromatic N) is 3. The summed E-state index contributed by atoms with van der Waals surface area (Å²) >= 11 is 0. The Kier molecular flexibility index (Phi) is 5.01. The quantitative estimate of drug-likeness (QED) is 0.572. The van der Waals surface area contributed by atoms with Crippen molar-refractivity contribution in [2.45, 2.75) is 45.3 Å². The Hall–Kier alpha value is -2.40. The Morgan fingerprint density at radius 3 is 2.36 bits per heavy atom. The van der Waals surface area contributed by atoms with E-state index < -0.39 is 36.2 Å². The predicted octanol–water partition coefficient (Wildman–Crippen LogP) is 4.11. The zero-order chi connectivity index (χ0) is 20.7. The lowest BCUT2D eigenvalue weighted by atomic mass is 9.87. The minimum atomic E-state index is -4.86. The average molecular weight is 399 g/mol. The molecule has 0 atom stereocenters. The number of benzene rings is 1. The number of hydrogen-bond donors (Lipinski definition) is 0. The molecule has 1 aliphatic heterocycles. The zero-order valence-corrected chi connectivity index (χ0v) is 15.6. The second-order valence-corrected chi connectivity index (χ2v) is 7.22. The van der Waals surface area contributed by atoms with Gasteiger partial charge in [0, 0.05) is 0 Å². The SMILES string of the molecule is CC1(C)OB(C(F)=Cc2cn(-c3ccccc3OC(F)(F)F)nn2)OC1(C)C. The molecule has 28 heavy (non-hydrogen) atoms. The largest absolute Gasteiger partial charge is 0.573 e. The molecule has 1 aromatic carbocycles. The van der Waals surface area contributed by atoms with Crippen LogP contribution in [-0.4, -0.2) is 39.7 Å². The summed E-state index contributed by atoms with van der Waals surface area (Å²) in [6.45, 7) is 7.14. The van der Waals surface area contributed by atoms with Crippen molar-refractivity contribution in [1.29, 1.82) is 0 Å². The smallest absolute Gasteiger partial charge is 0.403 e. The monoisotopic (exact) mass is 399 g/mol. The van der Waals surface area contributed by atoms with Crippen LogP contribution in [0.2, 0.25) is 0 Å². The van der Waals surface area contributed by atoms with Gasteiger partial charge in [-0.2, -0.15) is 0 Å². The van der Waals surface area contributed by atoms with E-state index in [4.69, 9.17) is 9.31 Å². The number of halogens is 4. The molecule has 1 aliphatic rings. The van der Waals surface area contributed by atoms with Gasteiger partial charge in [0.15, 0.2) is 5.75 Å². The second-order valence-electron chi connectivity index (χ2n) is 7.22. The first kappa shape index (κ1) is 20.3. The lowest BCUT2D eigenvalue weighted by molar-refractivity contribution is -0.274. The third-order valence-corrected chi connectivity index (χ3v) is 4.61. The van der Waals surface area contributed by atoms with Crippen molar-refractivity contribution in [3.8, 4) is 11.4 Å². The summed E-state index contributed by atoms with van der Waals surface area (Å²) in [5, 5.41) is 7.50. The van der Waals surface area contributed by atoms with Crippen LogP contribution in [0.5, 0.6) is 5.75 Å². The molecule has 0 aliphatic carbocycles. The van der Waals surface area contributed by atoms with Crippen molar-refractivity contribution in [1.82, 2.24) is 15.0 Å². The van der Waals surface area contributed by atoms with Crippen molar-refractivity contribution in [2.75, 3.05) is 0 Å². The number of hydrogen-bond acceptors (Lipinski definition) is 5. The van der Waals surface area contributed by atoms with Crippen LogP contribution in [0.25, 0.3) is 11.8 Å². The van der Waals surface area contributed by atoms with Gasteiger partial charge in [-0.1, -0.05) is 17.3 Å². The summed E-state index contributed by atoms with van der Waals surface area (Å²) in [4.78, 5) is 0. The Bertz CT molecular complexity index is 880. The minimum absolute atomic E-state index is 0.00279. The van der Waals surface area contributed by atoms with Crippen LogP contribution in [0, 0.1) is 0 Å². The van der Waals surface area contributed by atoms with E-state index in [1.807, 2.05) is 0 Å². The Morgan fingerprint density at radius 2 is 1.75 bits per heavy atom. The first-order chi connectivity index (χ1) is 12.9. The highest BCUT2D eigenvalue weighted by Crippen LogP contribution is 2.39. The number of rotatable bonds is 4. The van der Waals surface area contributed by atoms with Gasteiger partial charge in [0.2, 0.25) is 0 Å². The molecule has 0 N–H and O–H groups in total. The van der Waals surface area contributed by atoms with Crippen LogP contribution in [0.1, 0.15) is 33.4 Å². The van der Waals surface area contributed by atoms with E-state index in [-0.39, 0.29) is 11.4 Å². The first-order valence-electron chi connectivity index (χ1n) is 8.38. The summed E-state index contributed by atoms with van der Waals surface area (Å²) in [6, 6.07) is 5.42. The van der Waals surface area contributed by atoms with E-state index >= 15 is 0 Å². The summed E-state index contributed by atoms with van der Waals surface area (Å²) in [5.41, 5.74) is -2.08. The molecule has 6 nitrogen and oxygen atoms in total. The van der Waals surface area contributed by atoms with Gasteiger partial charge in [-0.15, -0.1) is 18.3 Å². The second kappa shape index (κ2) is 6.89. The highest BCUT2D eigenvalue weighted by atomic mass is 19.4. The molecule has 2 aromatic rings. The molecule has 0 radical (unpaired) electrons. The van der Waals surface area contributed by atoms with Gasteiger partial charge in [0.25, 0.3) is 0 Å². The average Bonchev–Trinajstić information content (AvgIpc) is 3.08. The fourth-order valence-corrected chi connectivity index (χ4v) is 2.48. The molecular formula is C17H18BF4N3O3. The molecule has 1 saturated heterocycles. The van der Waals surface area contributed by atoms with E-state index in [9.17, 15) is 17.6 Å². The van der Waals surface area contributed by atoms with Crippen LogP contribution in [-0.2, 0) is 9.31 Å². The lowest BCUT2D eigenvalue weighted by Gasteiger charge is -2.32. The van der Waals surface area contributed by atoms with Gasteiger partial charge in [0.05, 0.1) is 17.4 Å². The molecule has 11 heteroatoms. The molecule has 0 saturated carbocycles. The normalized spacial score (nSPS) is 19.1. The third kappa shape index (κ3) is 4.20. The molecule has 1 aromatic heterocycles. The van der Waals surface area contributed by atoms with Crippen LogP contribution >= 0.6 is 0 Å². The maximum atomic E-state index is 14.6. The molecule has 0 amide bonds. The fourth-order valence-electron chi connectivity index (χ4n) is 2.48. The zero-order valence-electron chi connectivity index (χ0n) is 15.6. The third-order valence-electron chi connectivity index (χ3n) is 4.61. The standard InChI is InChI=1S/C17H18BF4N3O3/c1-15(2)16(3,4)28-18(27-15)14(19)9-11-10-25(24-23-11)12-7-5-6-8-13(12)26-17(20,21)22/h5-10H,1-4H3. The van der Waals surface area contributed by atoms with Crippen molar-refractivity contribution in [2.24, 2.45) is 0 Å². The van der Waals surface area contributed by atoms with Gasteiger partial charge >= 0.3 is 13.5 Å². The highest BCUT2D eigenvalue weighted by Gasteiger charge is 2.53. The molecular weight excluding hydrogens is 381 g/mol. The molecule has 3 rings (SSSR count). The highest BCUT2D eigenvalue weighted by molar-refractivity contribution is 6.54. The minimum Gasteiger partial charge on any atom is -0.403 e. The molecule has 0 bridgehead atoms. The molecule has 1 fully saturated rings. The summed E-state index contributed by atoms with van der Waals surface area (Å²) < 4.78 is 68.5. The van der Waals surface area contributed by atoms with E-state index in [1.165, 1.54) is 24.4 Å². The summed E-state index contributed by atoms with van der Waals surface area (Å²) in [6.07, 6.45) is -2.54. The maximum absolute atomic E-state index is 14.6. The Balaban J connectivity index is 1.83. The van der Waals surface area contributed by atoms with Gasteiger partial charge in [-0.05, 0) is 45.9 Å². The Morgan fingerprint density at radius 1 is 1.14 bits per heavy atom. The van der Waals surface area contributed by atoms with Crippen LogP contribution in [0.4, 0.5) is 17.6 Å². The fraction of sp³-hybridized carbons (Fsp3) is 0.412. The van der Waals surface area contributed by atoms with Gasteiger partial charge < -0.3 is 14.0 Å². The van der Waals surface area contributed by atoms with Crippen molar-refractivity contribution in [3.63, 3.8) is 0 Å². The van der Waals surface area contributed by atoms with Crippen LogP contribution in [0.15, 0.2) is 36.2 Å². The number of para-hydroxylation sites is 2. The Labute approximate surface area is 159 Å². The lowest BCUT2D eigenvalue weighted by Crippen LogP contribution is -2.41. The van der Waals surface area contributed by atoms with Gasteiger partial charge in [0.1, 0.15) is 17.1 Å². The van der Waals surface area contributed by atoms with Gasteiger partial charge in [-0.3, -0.25) is 0 Å². The van der Waals surface area contributed by atoms with Crippen LogP contribution in [0.3, 0.4) is 0 Å². The topological polar surface area (TPSA) is 58.4 Å². The molecule has 0 spiro atoms. The van der Waals surface area contributed by atoms with Crippen molar-refractivity contribution >= 4 is 13.2 Å². The summed E-state index contributed by atoms with van der Waals surface area (Å²) in [7, 11) is -1.21. The predicted molar refractivity (Wildman–Crippen MR) is 93.2 cm³/mol. The summed E-state index contributed by atoms with van der Waals surface area (Å²) in [5.74, 6) is -0.457. The van der Waals surface area contributed by atoms with E-state index in [0.29, 0.717) is 0 Å². The molecule has 2 heterocycles. The molecule has 150 valence electrons. The van der Waals surface area contributed by atoms with E-state index in [0.717, 1.165) is 16.8 Å². The van der Waals surface area contributed by atoms with Crippen LogP contribution < -0.4 is 4.74 Å². The first-order valence-corrected chi connectivity index (χ1v) is 8.38. The van der Waals surface area contributed by atoms with Crippen molar-refractivity contribution in [3.05, 3.63) is 41.9 Å². The molecule has 0 unspecified atom stereocenters. The maximum Gasteiger partial charge on any atom is 0.573 e. The number of aromatic nitrogens is 3. The number of alkyl halides is 3.